The molecule has 3 rings (SSSR count). The summed E-state index contributed by atoms with van der Waals surface area (Å²) in [6.45, 7) is 0.476. The Balaban J connectivity index is 1.91. The fourth-order valence-corrected chi connectivity index (χ4v) is 2.46. The van der Waals surface area contributed by atoms with E-state index < -0.39 is 0 Å². The van der Waals surface area contributed by atoms with Crippen molar-refractivity contribution >= 4 is 16.7 Å². The number of pyridine rings is 2. The Morgan fingerprint density at radius 2 is 2.04 bits per heavy atom. The van der Waals surface area contributed by atoms with Gasteiger partial charge < -0.3 is 9.64 Å². The molecule has 5 heteroatoms. The number of fused-ring (bicyclic) bond motifs is 1. The SMILES string of the molecule is COc1nc(C(=O)N(C)Cc2cccnc2)cc2ccccc12. The van der Waals surface area contributed by atoms with E-state index in [1.54, 1.807) is 37.5 Å². The van der Waals surface area contributed by atoms with Crippen LogP contribution in [0.2, 0.25) is 0 Å². The molecule has 0 saturated heterocycles. The Morgan fingerprint density at radius 3 is 2.78 bits per heavy atom. The lowest BCUT2D eigenvalue weighted by Gasteiger charge is -2.17. The molecule has 3 aromatic rings. The monoisotopic (exact) mass is 307 g/mol. The first-order chi connectivity index (χ1) is 11.2. The second kappa shape index (κ2) is 6.44. The first-order valence-electron chi connectivity index (χ1n) is 7.27. The molecule has 116 valence electrons. The van der Waals surface area contributed by atoms with E-state index >= 15 is 0 Å². The molecule has 0 atom stereocenters. The largest absolute Gasteiger partial charge is 0.481 e. The molecule has 0 bridgehead atoms. The van der Waals surface area contributed by atoms with Gasteiger partial charge >= 0.3 is 0 Å². The molecule has 2 heterocycles. The molecule has 5 nitrogen and oxygen atoms in total. The van der Waals surface area contributed by atoms with Gasteiger partial charge in [-0.05, 0) is 29.1 Å². The van der Waals surface area contributed by atoms with Crippen LogP contribution in [0.15, 0.2) is 54.9 Å². The number of hydrogen-bond donors (Lipinski definition) is 0. The average molecular weight is 307 g/mol. The Hall–Kier alpha value is -2.95. The van der Waals surface area contributed by atoms with E-state index in [1.165, 1.54) is 0 Å². The molecular weight excluding hydrogens is 290 g/mol. The summed E-state index contributed by atoms with van der Waals surface area (Å²) < 4.78 is 5.32. The van der Waals surface area contributed by atoms with Crippen LogP contribution in [0.25, 0.3) is 10.8 Å². The van der Waals surface area contributed by atoms with Crippen LogP contribution in [0.1, 0.15) is 16.1 Å². The number of hydrogen-bond acceptors (Lipinski definition) is 4. The van der Waals surface area contributed by atoms with Crippen molar-refractivity contribution in [2.75, 3.05) is 14.2 Å². The molecule has 1 aromatic carbocycles. The van der Waals surface area contributed by atoms with Gasteiger partial charge in [0.05, 0.1) is 7.11 Å². The Morgan fingerprint density at radius 1 is 1.22 bits per heavy atom. The van der Waals surface area contributed by atoms with Gasteiger partial charge in [-0.3, -0.25) is 9.78 Å². The fraction of sp³-hybridized carbons (Fsp3) is 0.167. The van der Waals surface area contributed by atoms with Crippen molar-refractivity contribution in [1.29, 1.82) is 0 Å². The summed E-state index contributed by atoms with van der Waals surface area (Å²) in [5.74, 6) is 0.305. The summed E-state index contributed by atoms with van der Waals surface area (Å²) in [5, 5.41) is 1.82. The molecule has 0 spiro atoms. The average Bonchev–Trinajstić information content (AvgIpc) is 2.60. The number of methoxy groups -OCH3 is 1. The van der Waals surface area contributed by atoms with E-state index in [1.807, 2.05) is 36.4 Å². The lowest BCUT2D eigenvalue weighted by molar-refractivity contribution is 0.0778. The number of nitrogens with zero attached hydrogens (tertiary/aromatic N) is 3. The molecule has 0 saturated carbocycles. The quantitative estimate of drug-likeness (QED) is 0.743. The zero-order chi connectivity index (χ0) is 16.2. The standard InChI is InChI=1S/C18H17N3O2/c1-21(12-13-6-5-9-19-11-13)18(22)16-10-14-7-3-4-8-15(14)17(20-16)23-2/h3-11H,12H2,1-2H3. The molecule has 0 aliphatic heterocycles. The van der Waals surface area contributed by atoms with Crippen LogP contribution >= 0.6 is 0 Å². The molecule has 0 unspecified atom stereocenters. The van der Waals surface area contributed by atoms with Gasteiger partial charge in [-0.1, -0.05) is 24.3 Å². The molecule has 0 aliphatic carbocycles. The van der Waals surface area contributed by atoms with Crippen LogP contribution in [-0.2, 0) is 6.54 Å². The van der Waals surface area contributed by atoms with Crippen molar-refractivity contribution < 1.29 is 9.53 Å². The highest BCUT2D eigenvalue weighted by atomic mass is 16.5. The van der Waals surface area contributed by atoms with Gasteiger partial charge in [-0.2, -0.15) is 0 Å². The fourth-order valence-electron chi connectivity index (χ4n) is 2.46. The van der Waals surface area contributed by atoms with Gasteiger partial charge in [-0.15, -0.1) is 0 Å². The lowest BCUT2D eigenvalue weighted by Crippen LogP contribution is -2.27. The number of benzene rings is 1. The molecule has 0 N–H and O–H groups in total. The summed E-state index contributed by atoms with van der Waals surface area (Å²) in [4.78, 5) is 22.7. The third kappa shape index (κ3) is 3.13. The van der Waals surface area contributed by atoms with Gasteiger partial charge in [0.2, 0.25) is 5.88 Å². The topological polar surface area (TPSA) is 55.3 Å². The normalized spacial score (nSPS) is 10.5. The van der Waals surface area contributed by atoms with E-state index in [0.29, 0.717) is 18.1 Å². The predicted molar refractivity (Wildman–Crippen MR) is 88.3 cm³/mol. The van der Waals surface area contributed by atoms with E-state index in [0.717, 1.165) is 16.3 Å². The summed E-state index contributed by atoms with van der Waals surface area (Å²) >= 11 is 0. The molecule has 23 heavy (non-hydrogen) atoms. The predicted octanol–water partition coefficient (Wildman–Crippen LogP) is 2.91. The van der Waals surface area contributed by atoms with E-state index in [9.17, 15) is 4.79 Å². The maximum Gasteiger partial charge on any atom is 0.272 e. The maximum absolute atomic E-state index is 12.6. The number of carbonyl (C=O) groups is 1. The Kier molecular flexibility index (Phi) is 4.19. The van der Waals surface area contributed by atoms with Gasteiger partial charge in [0.1, 0.15) is 5.69 Å². The van der Waals surface area contributed by atoms with Gasteiger partial charge in [0.25, 0.3) is 5.91 Å². The highest BCUT2D eigenvalue weighted by Gasteiger charge is 2.16. The van der Waals surface area contributed by atoms with E-state index in [2.05, 4.69) is 9.97 Å². The van der Waals surface area contributed by atoms with Gasteiger partial charge in [-0.25, -0.2) is 4.98 Å². The minimum absolute atomic E-state index is 0.155. The van der Waals surface area contributed by atoms with Crippen molar-refractivity contribution in [2.24, 2.45) is 0 Å². The second-order valence-electron chi connectivity index (χ2n) is 5.26. The minimum Gasteiger partial charge on any atom is -0.481 e. The van der Waals surface area contributed by atoms with Crippen LogP contribution in [-0.4, -0.2) is 34.9 Å². The number of amides is 1. The van der Waals surface area contributed by atoms with Crippen LogP contribution < -0.4 is 4.74 Å². The molecule has 0 aliphatic rings. The summed E-state index contributed by atoms with van der Waals surface area (Å²) in [5.41, 5.74) is 1.34. The smallest absolute Gasteiger partial charge is 0.272 e. The Labute approximate surface area is 134 Å². The number of rotatable bonds is 4. The van der Waals surface area contributed by atoms with Gasteiger partial charge in [0.15, 0.2) is 0 Å². The van der Waals surface area contributed by atoms with Crippen LogP contribution in [0, 0.1) is 0 Å². The van der Waals surface area contributed by atoms with Crippen LogP contribution in [0.4, 0.5) is 0 Å². The van der Waals surface area contributed by atoms with Crippen LogP contribution in [0.3, 0.4) is 0 Å². The number of aromatic nitrogens is 2. The lowest BCUT2D eigenvalue weighted by atomic mass is 10.1. The summed E-state index contributed by atoms with van der Waals surface area (Å²) in [6, 6.07) is 13.3. The highest BCUT2D eigenvalue weighted by molar-refractivity contribution is 5.98. The maximum atomic E-state index is 12.6. The zero-order valence-electron chi connectivity index (χ0n) is 13.1. The molecular formula is C18H17N3O2. The zero-order valence-corrected chi connectivity index (χ0v) is 13.1. The highest BCUT2D eigenvalue weighted by Crippen LogP contribution is 2.24. The molecule has 0 fully saturated rings. The van der Waals surface area contributed by atoms with Crippen molar-refractivity contribution in [2.45, 2.75) is 6.54 Å². The summed E-state index contributed by atoms with van der Waals surface area (Å²) in [6.07, 6.45) is 3.46. The Bertz CT molecular complexity index is 834. The number of carbonyl (C=O) groups excluding carboxylic acids is 1. The van der Waals surface area contributed by atoms with Crippen molar-refractivity contribution in [3.8, 4) is 5.88 Å². The van der Waals surface area contributed by atoms with E-state index in [-0.39, 0.29) is 5.91 Å². The first kappa shape index (κ1) is 15.0. The van der Waals surface area contributed by atoms with E-state index in [4.69, 9.17) is 4.74 Å². The third-order valence-electron chi connectivity index (χ3n) is 3.61. The molecule has 2 aromatic heterocycles. The molecule has 0 radical (unpaired) electrons. The molecule has 1 amide bonds. The van der Waals surface area contributed by atoms with Crippen molar-refractivity contribution in [1.82, 2.24) is 14.9 Å². The first-order valence-corrected chi connectivity index (χ1v) is 7.27. The van der Waals surface area contributed by atoms with Crippen molar-refractivity contribution in [3.63, 3.8) is 0 Å². The second-order valence-corrected chi connectivity index (χ2v) is 5.26. The number of ether oxygens (including phenoxy) is 1. The third-order valence-corrected chi connectivity index (χ3v) is 3.61. The minimum atomic E-state index is -0.155. The van der Waals surface area contributed by atoms with Gasteiger partial charge in [0, 0.05) is 31.4 Å². The van der Waals surface area contributed by atoms with Crippen molar-refractivity contribution in [3.05, 3.63) is 66.1 Å². The van der Waals surface area contributed by atoms with Crippen LogP contribution in [0.5, 0.6) is 5.88 Å². The summed E-state index contributed by atoms with van der Waals surface area (Å²) in [7, 11) is 3.31.